The molecule has 0 aliphatic heterocycles. The fourth-order valence-corrected chi connectivity index (χ4v) is 1.36. The molecule has 0 aromatic heterocycles. The molecule has 0 aromatic carbocycles. The number of Topliss-reactive ketones (excluding diaryl/α,β-unsaturated/α-hetero) is 2. The first kappa shape index (κ1) is 9.78. The number of hydrogen-bond donors (Lipinski definition) is 1. The second kappa shape index (κ2) is 6.23. The molecule has 0 fully saturated rings. The third kappa shape index (κ3) is 5.35. The highest BCUT2D eigenvalue weighted by atomic mass is 32.1. The van der Waals surface area contributed by atoms with Gasteiger partial charge >= 0.3 is 0 Å². The summed E-state index contributed by atoms with van der Waals surface area (Å²) < 4.78 is 6.89. The zero-order valence-electron chi connectivity index (χ0n) is 8.63. The molecule has 0 spiro atoms. The lowest BCUT2D eigenvalue weighted by Crippen LogP contribution is -2.12. The van der Waals surface area contributed by atoms with Gasteiger partial charge in [-0.1, -0.05) is 0 Å². The molecule has 0 aromatic rings. The number of hydrogen-bond acceptors (Lipinski definition) is 3. The summed E-state index contributed by atoms with van der Waals surface area (Å²) in [5, 5.41) is 0. The van der Waals surface area contributed by atoms with Crippen molar-refractivity contribution in [1.82, 2.24) is 0 Å². The van der Waals surface area contributed by atoms with Crippen LogP contribution in [0.1, 0.15) is 33.1 Å². The van der Waals surface area contributed by atoms with Crippen molar-refractivity contribution in [1.29, 1.82) is 1.12 Å². The van der Waals surface area contributed by atoms with E-state index in [0.29, 0.717) is 18.6 Å². The second-order valence-electron chi connectivity index (χ2n) is 3.04. The number of rotatable bonds is 7. The minimum absolute atomic E-state index is 0.0262. The Kier molecular flexibility index (Phi) is 5.08. The van der Waals surface area contributed by atoms with Crippen LogP contribution in [0.25, 0.3) is 0 Å². The van der Waals surface area contributed by atoms with Gasteiger partial charge in [0, 0.05) is 12.3 Å². The molecule has 0 bridgehead atoms. The maximum atomic E-state index is 11.1. The van der Waals surface area contributed by atoms with Crippen LogP contribution in [0.2, 0.25) is 0 Å². The lowest BCUT2D eigenvalue weighted by Gasteiger charge is -2.10. The smallest absolute Gasteiger partial charge is 0.132 e. The number of carbonyl (C=O) groups excluding carboxylic acids is 2. The molecule has 3 heteroatoms. The van der Waals surface area contributed by atoms with Crippen LogP contribution < -0.4 is 0 Å². The summed E-state index contributed by atoms with van der Waals surface area (Å²) in [7, 11) is 0. The van der Waals surface area contributed by atoms with Gasteiger partial charge < -0.3 is 4.79 Å². The van der Waals surface area contributed by atoms with Crippen LogP contribution in [0.3, 0.4) is 0 Å². The van der Waals surface area contributed by atoms with Gasteiger partial charge in [-0.25, -0.2) is 0 Å². The molecule has 0 rings (SSSR count). The first-order valence-electron chi connectivity index (χ1n) is 4.56. The molecule has 70 valence electrons. The third-order valence-electron chi connectivity index (χ3n) is 1.89. The van der Waals surface area contributed by atoms with E-state index in [4.69, 9.17) is 1.12 Å². The first-order chi connectivity index (χ1) is 6.07. The van der Waals surface area contributed by atoms with Crippen LogP contribution in [0.15, 0.2) is 0 Å². The van der Waals surface area contributed by atoms with Crippen molar-refractivity contribution in [3.05, 3.63) is 0 Å². The zero-order chi connectivity index (χ0) is 10.3. The summed E-state index contributed by atoms with van der Waals surface area (Å²) in [5.41, 5.74) is 0. The summed E-state index contributed by atoms with van der Waals surface area (Å²) in [6, 6.07) is 0. The van der Waals surface area contributed by atoms with E-state index in [0.717, 1.165) is 19.0 Å². The predicted octanol–water partition coefficient (Wildman–Crippen LogP) is 1.88. The normalized spacial score (nSPS) is 13.7. The summed E-state index contributed by atoms with van der Waals surface area (Å²) in [6.45, 7) is 3.09. The fourth-order valence-electron chi connectivity index (χ4n) is 1.07. The fraction of sp³-hybridized carbons (Fsp3) is 0.778. The van der Waals surface area contributed by atoms with Crippen molar-refractivity contribution in [2.45, 2.75) is 33.1 Å². The van der Waals surface area contributed by atoms with Crippen molar-refractivity contribution in [3.63, 3.8) is 0 Å². The van der Waals surface area contributed by atoms with Crippen LogP contribution in [-0.4, -0.2) is 18.4 Å². The molecule has 0 aliphatic carbocycles. The molecule has 12 heavy (non-hydrogen) atoms. The second-order valence-corrected chi connectivity index (χ2v) is 3.45. The monoisotopic (exact) mass is 190 g/mol. The van der Waals surface area contributed by atoms with E-state index < -0.39 is 0 Å². The van der Waals surface area contributed by atoms with Crippen molar-refractivity contribution >= 4 is 24.1 Å². The Balaban J connectivity index is 3.80. The minimum Gasteiger partial charge on any atom is -0.300 e. The van der Waals surface area contributed by atoms with Crippen LogP contribution in [-0.2, 0) is 9.59 Å². The molecule has 0 aliphatic rings. The molecule has 0 N–H and O–H groups in total. The first-order valence-corrected chi connectivity index (χ1v) is 4.73. The van der Waals surface area contributed by atoms with E-state index >= 15 is 0 Å². The van der Waals surface area contributed by atoms with Gasteiger partial charge in [-0.3, -0.25) is 4.79 Å². The Morgan fingerprint density at radius 1 is 1.42 bits per heavy atom. The highest BCUT2D eigenvalue weighted by Crippen LogP contribution is 2.13. The van der Waals surface area contributed by atoms with E-state index in [1.54, 1.807) is 6.92 Å². The van der Waals surface area contributed by atoms with Crippen LogP contribution in [0.4, 0.5) is 0 Å². The molecule has 0 saturated carbocycles. The molecule has 0 radical (unpaired) electrons. The van der Waals surface area contributed by atoms with Gasteiger partial charge in [0.15, 0.2) is 0 Å². The van der Waals surface area contributed by atoms with E-state index in [2.05, 4.69) is 0 Å². The highest BCUT2D eigenvalue weighted by Gasteiger charge is 2.13. The molecule has 0 heterocycles. The minimum atomic E-state index is -0.0262. The molecular weight excluding hydrogens is 172 g/mol. The number of carbonyl (C=O) groups is 2. The molecule has 1 atom stereocenters. The Morgan fingerprint density at radius 2 is 2.08 bits per heavy atom. The standard InChI is InChI=1S/C9H16O2S/c1-7(10)3-4-9(5-6-12)8(2)11/h9,12H,3-6H2,1-2H3/i/hT. The largest absolute Gasteiger partial charge is 0.300 e. The van der Waals surface area contributed by atoms with Gasteiger partial charge in [-0.05, 0) is 32.4 Å². The molecule has 0 amide bonds. The van der Waals surface area contributed by atoms with E-state index in [9.17, 15) is 9.59 Å². The Bertz CT molecular complexity index is 182. The number of thiol groups is 1. The summed E-state index contributed by atoms with van der Waals surface area (Å²) in [4.78, 5) is 21.8. The Morgan fingerprint density at radius 3 is 2.50 bits per heavy atom. The van der Waals surface area contributed by atoms with E-state index in [-0.39, 0.29) is 17.5 Å². The molecule has 1 unspecified atom stereocenters. The van der Waals surface area contributed by atoms with Crippen LogP contribution in [0.5, 0.6) is 0 Å². The SMILES string of the molecule is [3H]SCCC(CCC(C)=O)C(C)=O. The Hall–Kier alpha value is -0.310. The highest BCUT2D eigenvalue weighted by molar-refractivity contribution is 7.80. The third-order valence-corrected chi connectivity index (χ3v) is 2.12. The van der Waals surface area contributed by atoms with E-state index in [1.807, 2.05) is 0 Å². The van der Waals surface area contributed by atoms with Gasteiger partial charge in [0.25, 0.3) is 0 Å². The van der Waals surface area contributed by atoms with Crippen molar-refractivity contribution in [2.75, 3.05) is 5.75 Å². The van der Waals surface area contributed by atoms with Gasteiger partial charge in [0.2, 0.25) is 0 Å². The summed E-state index contributed by atoms with van der Waals surface area (Å²) in [6.07, 6.45) is 1.84. The lowest BCUT2D eigenvalue weighted by atomic mass is 9.95. The van der Waals surface area contributed by atoms with Gasteiger partial charge in [-0.2, -0.15) is 12.5 Å². The lowest BCUT2D eigenvalue weighted by molar-refractivity contribution is -0.121. The topological polar surface area (TPSA) is 34.1 Å². The molecule has 0 saturated heterocycles. The quantitative estimate of drug-likeness (QED) is 0.622. The maximum Gasteiger partial charge on any atom is 0.132 e. The van der Waals surface area contributed by atoms with Crippen LogP contribution >= 0.6 is 12.5 Å². The molecule has 2 nitrogen and oxygen atoms in total. The van der Waals surface area contributed by atoms with Gasteiger partial charge in [-0.15, -0.1) is 0 Å². The van der Waals surface area contributed by atoms with Crippen molar-refractivity contribution < 1.29 is 9.59 Å². The summed E-state index contributed by atoms with van der Waals surface area (Å²) >= 11 is 0.994. The Labute approximate surface area is 80.2 Å². The van der Waals surface area contributed by atoms with Gasteiger partial charge in [0.05, 0.1) is 0 Å². The predicted molar refractivity (Wildman–Crippen MR) is 52.6 cm³/mol. The van der Waals surface area contributed by atoms with Crippen LogP contribution in [0, 0.1) is 5.92 Å². The van der Waals surface area contributed by atoms with Crippen molar-refractivity contribution in [2.24, 2.45) is 5.92 Å². The zero-order valence-corrected chi connectivity index (χ0v) is 8.45. The average molecular weight is 190 g/mol. The van der Waals surface area contributed by atoms with E-state index in [1.165, 1.54) is 6.92 Å². The van der Waals surface area contributed by atoms with Gasteiger partial charge in [0.1, 0.15) is 12.7 Å². The molecular formula is C9H16O2S. The summed E-state index contributed by atoms with van der Waals surface area (Å²) in [5.74, 6) is 0.907. The maximum absolute atomic E-state index is 11.1. The average Bonchev–Trinajstić information content (AvgIpc) is 2.03. The van der Waals surface area contributed by atoms with Crippen molar-refractivity contribution in [3.8, 4) is 0 Å². The number of ketones is 2.